The summed E-state index contributed by atoms with van der Waals surface area (Å²) in [4.78, 5) is 26.9. The molecular formula is C20H31N3O2. The van der Waals surface area contributed by atoms with E-state index < -0.39 is 0 Å². The van der Waals surface area contributed by atoms with E-state index in [1.807, 2.05) is 0 Å². The van der Waals surface area contributed by atoms with Crippen LogP contribution in [0, 0.1) is 29.6 Å². The van der Waals surface area contributed by atoms with Gasteiger partial charge in [0.25, 0.3) is 0 Å². The van der Waals surface area contributed by atoms with Crippen molar-refractivity contribution in [3.05, 3.63) is 0 Å². The van der Waals surface area contributed by atoms with E-state index in [9.17, 15) is 9.59 Å². The van der Waals surface area contributed by atoms with Crippen molar-refractivity contribution in [2.24, 2.45) is 29.6 Å². The first-order chi connectivity index (χ1) is 12.2. The average Bonchev–Trinajstić information content (AvgIpc) is 3.25. The molecule has 4 bridgehead atoms. The lowest BCUT2D eigenvalue weighted by Gasteiger charge is -2.54. The van der Waals surface area contributed by atoms with Gasteiger partial charge in [-0.05, 0) is 87.4 Å². The van der Waals surface area contributed by atoms with Crippen molar-refractivity contribution in [1.29, 1.82) is 0 Å². The summed E-state index contributed by atoms with van der Waals surface area (Å²) < 4.78 is 0. The average molecular weight is 345 g/mol. The summed E-state index contributed by atoms with van der Waals surface area (Å²) in [5.74, 6) is 4.36. The Hall–Kier alpha value is -1.26. The van der Waals surface area contributed by atoms with Crippen LogP contribution in [-0.2, 0) is 4.79 Å². The lowest BCUT2D eigenvalue weighted by Crippen LogP contribution is -2.53. The zero-order chi connectivity index (χ0) is 17.0. The fourth-order valence-corrected chi connectivity index (χ4v) is 6.49. The van der Waals surface area contributed by atoms with Gasteiger partial charge in [-0.1, -0.05) is 0 Å². The van der Waals surface area contributed by atoms with Crippen LogP contribution in [0.1, 0.15) is 57.8 Å². The number of nitrogens with zero attached hydrogens (tertiary/aromatic N) is 1. The molecule has 0 aromatic carbocycles. The Kier molecular flexibility index (Phi) is 3.94. The van der Waals surface area contributed by atoms with E-state index >= 15 is 0 Å². The van der Waals surface area contributed by atoms with Crippen molar-refractivity contribution in [3.8, 4) is 0 Å². The summed E-state index contributed by atoms with van der Waals surface area (Å²) in [7, 11) is 0. The summed E-state index contributed by atoms with van der Waals surface area (Å²) in [6, 6.07) is 0.104. The Morgan fingerprint density at radius 1 is 0.920 bits per heavy atom. The highest BCUT2D eigenvalue weighted by molar-refractivity contribution is 5.88. The molecule has 6 rings (SSSR count). The highest BCUT2D eigenvalue weighted by Crippen LogP contribution is 2.56. The maximum atomic E-state index is 12.7. The van der Waals surface area contributed by atoms with Crippen LogP contribution < -0.4 is 10.6 Å². The first kappa shape index (κ1) is 16.0. The van der Waals surface area contributed by atoms with Crippen LogP contribution in [0.25, 0.3) is 0 Å². The fourth-order valence-electron chi connectivity index (χ4n) is 6.49. The van der Waals surface area contributed by atoms with Crippen LogP contribution in [0.5, 0.6) is 0 Å². The first-order valence-electron chi connectivity index (χ1n) is 10.5. The summed E-state index contributed by atoms with van der Waals surface area (Å²) in [6.45, 7) is 1.54. The third-order valence-corrected chi connectivity index (χ3v) is 7.65. The summed E-state index contributed by atoms with van der Waals surface area (Å²) >= 11 is 0. The van der Waals surface area contributed by atoms with E-state index in [0.717, 1.165) is 62.4 Å². The standard InChI is InChI=1S/C20H31N3O2/c24-19(22-16-3-4-16)18-2-1-5-23(18)20(25)21-11-17-14-7-12-6-13(9-14)10-15(17)8-12/h12-18H,1-11H2,(H,21,25)(H,22,24). The second-order valence-electron chi connectivity index (χ2n) is 9.41. The number of nitrogens with one attached hydrogen (secondary N) is 2. The molecule has 1 saturated heterocycles. The molecule has 1 unspecified atom stereocenters. The second kappa shape index (κ2) is 6.17. The number of amides is 3. The predicted octanol–water partition coefficient (Wildman–Crippen LogP) is 2.51. The Balaban J connectivity index is 1.17. The molecule has 1 aliphatic heterocycles. The van der Waals surface area contributed by atoms with Gasteiger partial charge in [-0.15, -0.1) is 0 Å². The minimum absolute atomic E-state index is 0.0118. The Bertz CT molecular complexity index is 531. The molecule has 6 aliphatic rings. The molecule has 3 amide bonds. The Morgan fingerprint density at radius 3 is 2.24 bits per heavy atom. The zero-order valence-electron chi connectivity index (χ0n) is 15.1. The van der Waals surface area contributed by atoms with Crippen LogP contribution in [0.3, 0.4) is 0 Å². The maximum absolute atomic E-state index is 12.7. The Morgan fingerprint density at radius 2 is 1.60 bits per heavy atom. The molecular weight excluding hydrogens is 314 g/mol. The van der Waals surface area contributed by atoms with E-state index in [1.54, 1.807) is 4.90 Å². The lowest BCUT2D eigenvalue weighted by molar-refractivity contribution is -0.124. The smallest absolute Gasteiger partial charge is 0.318 e. The molecule has 0 spiro atoms. The molecule has 5 nitrogen and oxygen atoms in total. The second-order valence-corrected chi connectivity index (χ2v) is 9.41. The molecule has 2 N–H and O–H groups in total. The van der Waals surface area contributed by atoms with Gasteiger partial charge in [0.15, 0.2) is 0 Å². The van der Waals surface area contributed by atoms with Crippen molar-refractivity contribution < 1.29 is 9.59 Å². The van der Waals surface area contributed by atoms with Crippen LogP contribution in [0.4, 0.5) is 4.79 Å². The molecule has 0 aromatic rings. The number of urea groups is 1. The number of likely N-dealkylation sites (tertiary alicyclic amines) is 1. The zero-order valence-corrected chi connectivity index (χ0v) is 15.1. The number of hydrogen-bond donors (Lipinski definition) is 2. The van der Waals surface area contributed by atoms with Gasteiger partial charge >= 0.3 is 6.03 Å². The van der Waals surface area contributed by atoms with Crippen molar-refractivity contribution in [1.82, 2.24) is 15.5 Å². The third-order valence-electron chi connectivity index (χ3n) is 7.65. The summed E-state index contributed by atoms with van der Waals surface area (Å²) in [5.41, 5.74) is 0. The van der Waals surface area contributed by atoms with Crippen LogP contribution in [0.15, 0.2) is 0 Å². The molecule has 1 atom stereocenters. The van der Waals surface area contributed by atoms with E-state index in [0.29, 0.717) is 12.0 Å². The van der Waals surface area contributed by atoms with Crippen LogP contribution in [-0.4, -0.2) is 42.0 Å². The Labute approximate surface area is 150 Å². The minimum atomic E-state index is -0.251. The number of carbonyl (C=O) groups excluding carboxylic acids is 2. The molecule has 6 fully saturated rings. The minimum Gasteiger partial charge on any atom is -0.352 e. The molecule has 138 valence electrons. The predicted molar refractivity (Wildman–Crippen MR) is 94.8 cm³/mol. The molecule has 0 aromatic heterocycles. The largest absolute Gasteiger partial charge is 0.352 e. The number of rotatable bonds is 4. The van der Waals surface area contributed by atoms with E-state index in [2.05, 4.69) is 10.6 Å². The highest BCUT2D eigenvalue weighted by Gasteiger charge is 2.48. The van der Waals surface area contributed by atoms with Gasteiger partial charge in [-0.3, -0.25) is 4.79 Å². The fraction of sp³-hybridized carbons (Fsp3) is 0.900. The van der Waals surface area contributed by atoms with Gasteiger partial charge in [-0.25, -0.2) is 4.79 Å². The number of hydrogen-bond acceptors (Lipinski definition) is 2. The van der Waals surface area contributed by atoms with Crippen LogP contribution in [0.2, 0.25) is 0 Å². The topological polar surface area (TPSA) is 61.4 Å². The van der Waals surface area contributed by atoms with E-state index in [1.165, 1.54) is 32.1 Å². The van der Waals surface area contributed by atoms with Gasteiger partial charge in [0.1, 0.15) is 6.04 Å². The SMILES string of the molecule is O=C(NC1CC1)C1CCCN1C(=O)NCC1C2CC3CC(C2)CC1C3. The monoisotopic (exact) mass is 345 g/mol. The van der Waals surface area contributed by atoms with E-state index in [-0.39, 0.29) is 18.0 Å². The van der Waals surface area contributed by atoms with Crippen molar-refractivity contribution in [2.45, 2.75) is 69.9 Å². The molecule has 5 saturated carbocycles. The molecule has 25 heavy (non-hydrogen) atoms. The van der Waals surface area contributed by atoms with Gasteiger partial charge < -0.3 is 15.5 Å². The summed E-state index contributed by atoms with van der Waals surface area (Å²) in [5, 5.41) is 6.28. The van der Waals surface area contributed by atoms with Gasteiger partial charge in [0.05, 0.1) is 0 Å². The molecule has 5 aliphatic carbocycles. The van der Waals surface area contributed by atoms with E-state index in [4.69, 9.17) is 0 Å². The normalized spacial score (nSPS) is 41.8. The third kappa shape index (κ3) is 3.04. The molecule has 0 radical (unpaired) electrons. The highest BCUT2D eigenvalue weighted by atomic mass is 16.2. The van der Waals surface area contributed by atoms with Gasteiger partial charge in [0.2, 0.25) is 5.91 Å². The number of carbonyl (C=O) groups is 2. The molecule has 5 heteroatoms. The van der Waals surface area contributed by atoms with Crippen molar-refractivity contribution in [2.75, 3.05) is 13.1 Å². The van der Waals surface area contributed by atoms with Crippen LogP contribution >= 0.6 is 0 Å². The molecule has 1 heterocycles. The summed E-state index contributed by atoms with van der Waals surface area (Å²) in [6.07, 6.45) is 11.0. The lowest BCUT2D eigenvalue weighted by atomic mass is 9.52. The van der Waals surface area contributed by atoms with Gasteiger partial charge in [-0.2, -0.15) is 0 Å². The van der Waals surface area contributed by atoms with Crippen molar-refractivity contribution in [3.63, 3.8) is 0 Å². The van der Waals surface area contributed by atoms with Gasteiger partial charge in [0, 0.05) is 19.1 Å². The van der Waals surface area contributed by atoms with Crippen molar-refractivity contribution >= 4 is 11.9 Å². The first-order valence-corrected chi connectivity index (χ1v) is 10.5. The quantitative estimate of drug-likeness (QED) is 0.822. The maximum Gasteiger partial charge on any atom is 0.318 e.